The van der Waals surface area contributed by atoms with Crippen LogP contribution in [0.1, 0.15) is 11.6 Å². The standard InChI is InChI=1S/C10H16N2O2/c1-13-7-3-4-10(14-2)8(5-7)9(12)6-11/h3-5,9H,6,11-12H2,1-2H3. The Morgan fingerprint density at radius 2 is 2.00 bits per heavy atom. The summed E-state index contributed by atoms with van der Waals surface area (Å²) in [6.45, 7) is 0.378. The fourth-order valence-corrected chi connectivity index (χ4v) is 1.26. The molecule has 1 rings (SSSR count). The molecule has 0 heterocycles. The third kappa shape index (κ3) is 2.16. The molecule has 0 aliphatic heterocycles. The molecule has 14 heavy (non-hydrogen) atoms. The highest BCUT2D eigenvalue weighted by molar-refractivity contribution is 5.42. The first kappa shape index (κ1) is 10.8. The number of hydrogen-bond donors (Lipinski definition) is 2. The minimum atomic E-state index is -0.222. The zero-order valence-corrected chi connectivity index (χ0v) is 8.49. The fourth-order valence-electron chi connectivity index (χ4n) is 1.26. The molecular weight excluding hydrogens is 180 g/mol. The minimum absolute atomic E-state index is 0.222. The van der Waals surface area contributed by atoms with Gasteiger partial charge in [0, 0.05) is 18.2 Å². The van der Waals surface area contributed by atoms with E-state index in [1.807, 2.05) is 18.2 Å². The van der Waals surface area contributed by atoms with Crippen molar-refractivity contribution in [1.29, 1.82) is 0 Å². The first-order chi connectivity index (χ1) is 6.72. The molecular formula is C10H16N2O2. The summed E-state index contributed by atoms with van der Waals surface area (Å²) in [5.41, 5.74) is 12.2. The van der Waals surface area contributed by atoms with Crippen LogP contribution in [0.5, 0.6) is 11.5 Å². The van der Waals surface area contributed by atoms with Crippen molar-refractivity contribution < 1.29 is 9.47 Å². The van der Waals surface area contributed by atoms with Crippen LogP contribution < -0.4 is 20.9 Å². The van der Waals surface area contributed by atoms with Gasteiger partial charge in [0.15, 0.2) is 0 Å². The third-order valence-electron chi connectivity index (χ3n) is 2.09. The highest BCUT2D eigenvalue weighted by Crippen LogP contribution is 2.27. The van der Waals surface area contributed by atoms with Crippen molar-refractivity contribution in [2.45, 2.75) is 6.04 Å². The molecule has 0 saturated carbocycles. The van der Waals surface area contributed by atoms with Crippen LogP contribution in [0.15, 0.2) is 18.2 Å². The van der Waals surface area contributed by atoms with Crippen LogP contribution in [-0.4, -0.2) is 20.8 Å². The Kier molecular flexibility index (Phi) is 3.73. The molecule has 1 atom stereocenters. The summed E-state index contributed by atoms with van der Waals surface area (Å²) in [5.74, 6) is 1.49. The van der Waals surface area contributed by atoms with Gasteiger partial charge in [0.05, 0.1) is 14.2 Å². The molecule has 0 fully saturated rings. The van der Waals surface area contributed by atoms with Gasteiger partial charge in [-0.25, -0.2) is 0 Å². The van der Waals surface area contributed by atoms with Crippen molar-refractivity contribution in [2.24, 2.45) is 11.5 Å². The molecule has 1 unspecified atom stereocenters. The number of ether oxygens (including phenoxy) is 2. The van der Waals surface area contributed by atoms with Crippen molar-refractivity contribution in [2.75, 3.05) is 20.8 Å². The Bertz CT molecular complexity index is 302. The van der Waals surface area contributed by atoms with E-state index in [9.17, 15) is 0 Å². The SMILES string of the molecule is COc1ccc(OC)c(C(N)CN)c1. The van der Waals surface area contributed by atoms with Crippen molar-refractivity contribution in [3.05, 3.63) is 23.8 Å². The van der Waals surface area contributed by atoms with Crippen molar-refractivity contribution in [1.82, 2.24) is 0 Å². The maximum atomic E-state index is 5.83. The van der Waals surface area contributed by atoms with E-state index in [0.717, 1.165) is 17.1 Å². The zero-order chi connectivity index (χ0) is 10.6. The average Bonchev–Trinajstić information content (AvgIpc) is 2.27. The van der Waals surface area contributed by atoms with Crippen molar-refractivity contribution in [3.8, 4) is 11.5 Å². The van der Waals surface area contributed by atoms with Crippen LogP contribution in [0.25, 0.3) is 0 Å². The molecule has 0 spiro atoms. The molecule has 4 nitrogen and oxygen atoms in total. The molecule has 0 aromatic heterocycles. The van der Waals surface area contributed by atoms with E-state index in [1.54, 1.807) is 14.2 Å². The lowest BCUT2D eigenvalue weighted by Gasteiger charge is -2.14. The van der Waals surface area contributed by atoms with Gasteiger partial charge in [-0.05, 0) is 18.2 Å². The van der Waals surface area contributed by atoms with Gasteiger partial charge in [-0.15, -0.1) is 0 Å². The van der Waals surface area contributed by atoms with Gasteiger partial charge >= 0.3 is 0 Å². The molecule has 0 aliphatic rings. The predicted molar refractivity (Wildman–Crippen MR) is 55.5 cm³/mol. The molecule has 1 aromatic rings. The van der Waals surface area contributed by atoms with E-state index in [1.165, 1.54) is 0 Å². The molecule has 0 bridgehead atoms. The lowest BCUT2D eigenvalue weighted by Crippen LogP contribution is -2.21. The number of hydrogen-bond acceptors (Lipinski definition) is 4. The quantitative estimate of drug-likeness (QED) is 0.742. The molecule has 0 amide bonds. The number of methoxy groups -OCH3 is 2. The summed E-state index contributed by atoms with van der Waals surface area (Å²) in [5, 5.41) is 0. The fraction of sp³-hybridized carbons (Fsp3) is 0.400. The Morgan fingerprint density at radius 1 is 1.29 bits per heavy atom. The van der Waals surface area contributed by atoms with Crippen LogP contribution in [0.4, 0.5) is 0 Å². The highest BCUT2D eigenvalue weighted by Gasteiger charge is 2.11. The normalized spacial score (nSPS) is 12.3. The van der Waals surface area contributed by atoms with Gasteiger partial charge in [0.1, 0.15) is 11.5 Å². The maximum absolute atomic E-state index is 5.83. The van der Waals surface area contributed by atoms with Gasteiger partial charge in [-0.2, -0.15) is 0 Å². The van der Waals surface area contributed by atoms with Gasteiger partial charge < -0.3 is 20.9 Å². The van der Waals surface area contributed by atoms with E-state index >= 15 is 0 Å². The van der Waals surface area contributed by atoms with E-state index in [0.29, 0.717) is 6.54 Å². The molecule has 0 aliphatic carbocycles. The Balaban J connectivity index is 3.08. The van der Waals surface area contributed by atoms with Crippen LogP contribution in [-0.2, 0) is 0 Å². The minimum Gasteiger partial charge on any atom is -0.497 e. The largest absolute Gasteiger partial charge is 0.497 e. The van der Waals surface area contributed by atoms with E-state index in [-0.39, 0.29) is 6.04 Å². The van der Waals surface area contributed by atoms with E-state index < -0.39 is 0 Å². The summed E-state index contributed by atoms with van der Waals surface area (Å²) in [6, 6.07) is 5.27. The second-order valence-electron chi connectivity index (χ2n) is 2.95. The molecule has 1 aromatic carbocycles. The number of benzene rings is 1. The molecule has 4 N–H and O–H groups in total. The average molecular weight is 196 g/mol. The Labute approximate surface area is 83.8 Å². The van der Waals surface area contributed by atoms with Gasteiger partial charge in [-0.1, -0.05) is 0 Å². The third-order valence-corrected chi connectivity index (χ3v) is 2.09. The summed E-state index contributed by atoms with van der Waals surface area (Å²) >= 11 is 0. The van der Waals surface area contributed by atoms with Crippen molar-refractivity contribution >= 4 is 0 Å². The molecule has 0 radical (unpaired) electrons. The molecule has 78 valence electrons. The van der Waals surface area contributed by atoms with Crippen LogP contribution in [0.2, 0.25) is 0 Å². The smallest absolute Gasteiger partial charge is 0.123 e. The van der Waals surface area contributed by atoms with Gasteiger partial charge in [0.25, 0.3) is 0 Å². The van der Waals surface area contributed by atoms with Gasteiger partial charge in [0.2, 0.25) is 0 Å². The first-order valence-electron chi connectivity index (χ1n) is 4.40. The highest BCUT2D eigenvalue weighted by atomic mass is 16.5. The van der Waals surface area contributed by atoms with Crippen LogP contribution in [0.3, 0.4) is 0 Å². The second kappa shape index (κ2) is 4.83. The predicted octanol–water partition coefficient (Wildman–Crippen LogP) is 0.662. The lowest BCUT2D eigenvalue weighted by atomic mass is 10.1. The van der Waals surface area contributed by atoms with E-state index in [4.69, 9.17) is 20.9 Å². The van der Waals surface area contributed by atoms with Crippen LogP contribution in [0, 0.1) is 0 Å². The topological polar surface area (TPSA) is 70.5 Å². The summed E-state index contributed by atoms with van der Waals surface area (Å²) in [6.07, 6.45) is 0. The lowest BCUT2D eigenvalue weighted by molar-refractivity contribution is 0.395. The molecule has 4 heteroatoms. The maximum Gasteiger partial charge on any atom is 0.123 e. The Morgan fingerprint density at radius 3 is 2.50 bits per heavy atom. The Hall–Kier alpha value is -1.26. The molecule has 0 saturated heterocycles. The second-order valence-corrected chi connectivity index (χ2v) is 2.95. The van der Waals surface area contributed by atoms with Gasteiger partial charge in [-0.3, -0.25) is 0 Å². The number of rotatable bonds is 4. The summed E-state index contributed by atoms with van der Waals surface area (Å²) in [7, 11) is 3.22. The first-order valence-corrected chi connectivity index (χ1v) is 4.40. The number of nitrogens with two attached hydrogens (primary N) is 2. The van der Waals surface area contributed by atoms with Crippen LogP contribution >= 0.6 is 0 Å². The van der Waals surface area contributed by atoms with Crippen molar-refractivity contribution in [3.63, 3.8) is 0 Å². The summed E-state index contributed by atoms with van der Waals surface area (Å²) < 4.78 is 10.3. The monoisotopic (exact) mass is 196 g/mol. The summed E-state index contributed by atoms with van der Waals surface area (Å²) in [4.78, 5) is 0. The van der Waals surface area contributed by atoms with E-state index in [2.05, 4.69) is 0 Å². The zero-order valence-electron chi connectivity index (χ0n) is 8.49.